The molecule has 0 saturated heterocycles. The smallest absolute Gasteiger partial charge is 0.144 e. The normalized spacial score (nSPS) is 16.1. The lowest BCUT2D eigenvalue weighted by Crippen LogP contribution is -2.26. The Kier molecular flexibility index (Phi) is 3.93. The molecular weight excluding hydrogens is 148 g/mol. The van der Waals surface area contributed by atoms with E-state index in [0.717, 1.165) is 0 Å². The van der Waals surface area contributed by atoms with Gasteiger partial charge in [0, 0.05) is 6.54 Å². The molecule has 3 nitrogen and oxygen atoms in total. The van der Waals surface area contributed by atoms with Crippen molar-refractivity contribution in [3.8, 4) is 0 Å². The van der Waals surface area contributed by atoms with E-state index in [-0.39, 0.29) is 4.75 Å². The number of nitrogens with zero attached hydrogens (tertiary/aromatic N) is 1. The first kappa shape index (κ1) is 9.94. The van der Waals surface area contributed by atoms with Crippen LogP contribution in [0.3, 0.4) is 0 Å². The summed E-state index contributed by atoms with van der Waals surface area (Å²) in [4.78, 5) is 0. The van der Waals surface area contributed by atoms with Gasteiger partial charge >= 0.3 is 0 Å². The summed E-state index contributed by atoms with van der Waals surface area (Å²) in [6, 6.07) is 0. The zero-order valence-electron chi connectivity index (χ0n) is 6.63. The topological polar surface area (TPSA) is 61.4 Å². The first-order valence-corrected chi connectivity index (χ1v) is 4.23. The number of hydrogen-bond acceptors (Lipinski definition) is 3. The Balaban J connectivity index is 3.84. The minimum Gasteiger partial charge on any atom is -0.591 e. The molecule has 60 valence electrons. The van der Waals surface area contributed by atoms with Crippen LogP contribution in [0.25, 0.3) is 0 Å². The molecule has 0 aliphatic rings. The molecule has 0 rings (SSSR count). The van der Waals surface area contributed by atoms with Crippen molar-refractivity contribution in [2.24, 2.45) is 10.1 Å². The average Bonchev–Trinajstić information content (AvgIpc) is 1.80. The molecule has 0 heterocycles. The molecule has 1 unspecified atom stereocenters. The third-order valence-electron chi connectivity index (χ3n) is 0.800. The highest BCUT2D eigenvalue weighted by atomic mass is 32.2. The predicted octanol–water partition coefficient (Wildman–Crippen LogP) is 0.478. The van der Waals surface area contributed by atoms with Gasteiger partial charge in [0.05, 0.1) is 6.21 Å². The summed E-state index contributed by atoms with van der Waals surface area (Å²) in [5, 5.41) is 0. The first-order chi connectivity index (χ1) is 4.48. The van der Waals surface area contributed by atoms with Crippen LogP contribution in [-0.4, -0.2) is 22.1 Å². The zero-order chi connectivity index (χ0) is 8.20. The van der Waals surface area contributed by atoms with Crippen LogP contribution in [0.2, 0.25) is 0 Å². The Morgan fingerprint density at radius 2 is 2.10 bits per heavy atom. The van der Waals surface area contributed by atoms with Crippen LogP contribution in [0.4, 0.5) is 0 Å². The van der Waals surface area contributed by atoms with E-state index < -0.39 is 11.4 Å². The van der Waals surface area contributed by atoms with E-state index in [0.29, 0.717) is 6.54 Å². The molecule has 4 heteroatoms. The highest BCUT2D eigenvalue weighted by molar-refractivity contribution is 7.91. The maximum absolute atomic E-state index is 11.1. The van der Waals surface area contributed by atoms with Crippen LogP contribution in [0.5, 0.6) is 0 Å². The summed E-state index contributed by atoms with van der Waals surface area (Å²) in [6.07, 6.45) is 1.47. The van der Waals surface area contributed by atoms with Crippen LogP contribution >= 0.6 is 0 Å². The lowest BCUT2D eigenvalue weighted by molar-refractivity contribution is 0.561. The molecule has 0 saturated carbocycles. The van der Waals surface area contributed by atoms with Crippen LogP contribution in [0.15, 0.2) is 4.40 Å². The van der Waals surface area contributed by atoms with E-state index in [1.165, 1.54) is 6.21 Å². The molecule has 10 heavy (non-hydrogen) atoms. The fraction of sp³-hybridized carbons (Fsp3) is 0.833. The highest BCUT2D eigenvalue weighted by Crippen LogP contribution is 2.15. The van der Waals surface area contributed by atoms with Crippen molar-refractivity contribution in [1.29, 1.82) is 0 Å². The minimum absolute atomic E-state index is 0.272. The number of hydrogen-bond donors (Lipinski definition) is 1. The molecule has 0 spiro atoms. The molecule has 2 N–H and O–H groups in total. The molecule has 0 radical (unpaired) electrons. The van der Waals surface area contributed by atoms with Crippen LogP contribution in [0, 0.1) is 0 Å². The summed E-state index contributed by atoms with van der Waals surface area (Å²) >= 11 is -1.15. The second-order valence-electron chi connectivity index (χ2n) is 2.89. The molecular formula is C6H14N2OS. The van der Waals surface area contributed by atoms with Crippen molar-refractivity contribution in [1.82, 2.24) is 0 Å². The second kappa shape index (κ2) is 3.95. The Morgan fingerprint density at radius 3 is 2.40 bits per heavy atom. The van der Waals surface area contributed by atoms with E-state index in [2.05, 4.69) is 4.40 Å². The predicted molar refractivity (Wildman–Crippen MR) is 45.4 cm³/mol. The number of nitrogens with two attached hydrogens (primary N) is 1. The van der Waals surface area contributed by atoms with Gasteiger partial charge in [0.1, 0.15) is 16.1 Å². The highest BCUT2D eigenvalue weighted by Gasteiger charge is 2.25. The summed E-state index contributed by atoms with van der Waals surface area (Å²) in [7, 11) is 0. The van der Waals surface area contributed by atoms with Gasteiger partial charge in [-0.15, -0.1) is 0 Å². The van der Waals surface area contributed by atoms with Gasteiger partial charge in [-0.2, -0.15) is 0 Å². The average molecular weight is 162 g/mol. The van der Waals surface area contributed by atoms with Gasteiger partial charge in [-0.3, -0.25) is 0 Å². The minimum atomic E-state index is -1.15. The van der Waals surface area contributed by atoms with Gasteiger partial charge in [-0.05, 0) is 20.8 Å². The van der Waals surface area contributed by atoms with Crippen LogP contribution in [0.1, 0.15) is 20.8 Å². The monoisotopic (exact) mass is 162 g/mol. The first-order valence-electron chi connectivity index (χ1n) is 3.13. The van der Waals surface area contributed by atoms with Crippen LogP contribution < -0.4 is 5.73 Å². The molecule has 0 amide bonds. The SMILES string of the molecule is CC(C)(C)[S+]([O-])N=CCN. The van der Waals surface area contributed by atoms with Gasteiger partial charge in [0.2, 0.25) is 0 Å². The lowest BCUT2D eigenvalue weighted by atomic mass is 10.3. The van der Waals surface area contributed by atoms with Gasteiger partial charge in [-0.1, -0.05) is 4.40 Å². The van der Waals surface area contributed by atoms with Crippen LogP contribution in [-0.2, 0) is 11.4 Å². The molecule has 1 atom stereocenters. The summed E-state index contributed by atoms with van der Waals surface area (Å²) in [5.74, 6) is 0. The zero-order valence-corrected chi connectivity index (χ0v) is 7.44. The van der Waals surface area contributed by atoms with E-state index >= 15 is 0 Å². The van der Waals surface area contributed by atoms with Gasteiger partial charge < -0.3 is 10.3 Å². The van der Waals surface area contributed by atoms with Crippen molar-refractivity contribution in [2.75, 3.05) is 6.54 Å². The van der Waals surface area contributed by atoms with Crippen molar-refractivity contribution in [3.05, 3.63) is 0 Å². The fourth-order valence-electron chi connectivity index (χ4n) is 0.269. The third kappa shape index (κ3) is 3.87. The van der Waals surface area contributed by atoms with Gasteiger partial charge in [-0.25, -0.2) is 0 Å². The summed E-state index contributed by atoms with van der Waals surface area (Å²) < 4.78 is 14.5. The Labute approximate surface area is 65.0 Å². The van der Waals surface area contributed by atoms with E-state index in [9.17, 15) is 4.55 Å². The maximum atomic E-state index is 11.1. The Hall–Kier alpha value is -0.0600. The van der Waals surface area contributed by atoms with Crippen molar-refractivity contribution in [3.63, 3.8) is 0 Å². The standard InChI is InChI=1S/C6H14N2OS/c1-6(2,3)10(9)8-5-4-7/h5H,4,7H2,1-3H3. The largest absolute Gasteiger partial charge is 0.591 e. The van der Waals surface area contributed by atoms with Gasteiger partial charge in [0.25, 0.3) is 0 Å². The molecule has 0 bridgehead atoms. The van der Waals surface area contributed by atoms with E-state index in [4.69, 9.17) is 5.73 Å². The van der Waals surface area contributed by atoms with Crippen molar-refractivity contribution >= 4 is 17.6 Å². The summed E-state index contributed by atoms with van der Waals surface area (Å²) in [6.45, 7) is 5.97. The lowest BCUT2D eigenvalue weighted by Gasteiger charge is -2.17. The van der Waals surface area contributed by atoms with E-state index in [1.54, 1.807) is 0 Å². The molecule has 0 aromatic heterocycles. The molecule has 0 aliphatic carbocycles. The molecule has 0 aliphatic heterocycles. The number of rotatable bonds is 2. The van der Waals surface area contributed by atoms with Gasteiger partial charge in [0.15, 0.2) is 0 Å². The van der Waals surface area contributed by atoms with Crippen molar-refractivity contribution < 1.29 is 4.55 Å². The van der Waals surface area contributed by atoms with Crippen molar-refractivity contribution in [2.45, 2.75) is 25.5 Å². The maximum Gasteiger partial charge on any atom is 0.144 e. The second-order valence-corrected chi connectivity index (χ2v) is 4.82. The summed E-state index contributed by atoms with van der Waals surface area (Å²) in [5.41, 5.74) is 5.14. The third-order valence-corrected chi connectivity index (χ3v) is 2.19. The fourth-order valence-corrected chi connectivity index (χ4v) is 0.807. The molecule has 0 aromatic rings. The Morgan fingerprint density at radius 1 is 1.60 bits per heavy atom. The Bertz CT molecular complexity index is 119. The van der Waals surface area contributed by atoms with E-state index in [1.807, 2.05) is 20.8 Å². The molecule has 0 fully saturated rings. The quantitative estimate of drug-likeness (QED) is 0.474. The molecule has 0 aromatic carbocycles.